The van der Waals surface area contributed by atoms with E-state index in [1.165, 1.54) is 0 Å². The number of fused-ring (bicyclic) bond motifs is 1. The summed E-state index contributed by atoms with van der Waals surface area (Å²) in [5, 5.41) is 20.8. The van der Waals surface area contributed by atoms with E-state index in [1.807, 2.05) is 36.7 Å². The van der Waals surface area contributed by atoms with Gasteiger partial charge >= 0.3 is 0 Å². The van der Waals surface area contributed by atoms with Crippen LogP contribution in [0.1, 0.15) is 60.4 Å². The average molecular weight is 453 g/mol. The second-order valence-electron chi connectivity index (χ2n) is 8.83. The summed E-state index contributed by atoms with van der Waals surface area (Å²) in [5.74, 6) is 0.596. The molecular weight excluding hydrogens is 420 g/mol. The molecule has 1 saturated carbocycles. The molecule has 33 heavy (non-hydrogen) atoms. The van der Waals surface area contributed by atoms with Gasteiger partial charge in [0.1, 0.15) is 5.69 Å². The Morgan fingerprint density at radius 3 is 2.73 bits per heavy atom. The minimum atomic E-state index is -0.230. The Morgan fingerprint density at radius 1 is 1.27 bits per heavy atom. The van der Waals surface area contributed by atoms with E-state index in [0.717, 1.165) is 53.7 Å². The molecule has 176 valence electrons. The first-order chi connectivity index (χ1) is 15.9. The molecule has 4 rings (SSSR count). The van der Waals surface area contributed by atoms with Gasteiger partial charge < -0.3 is 20.5 Å². The number of anilines is 1. The van der Waals surface area contributed by atoms with Gasteiger partial charge in [-0.3, -0.25) is 4.79 Å². The van der Waals surface area contributed by atoms with Gasteiger partial charge in [-0.1, -0.05) is 0 Å². The molecule has 9 heteroatoms. The van der Waals surface area contributed by atoms with Crippen LogP contribution in [0.25, 0.3) is 16.6 Å². The Hall–Kier alpha value is -3.04. The third kappa shape index (κ3) is 4.99. The fraction of sp³-hybridized carbons (Fsp3) is 0.500. The minimum Gasteiger partial charge on any atom is -0.393 e. The lowest BCUT2D eigenvalue weighted by atomic mass is 9.85. The number of rotatable bonds is 7. The number of carbonyl (C=O) groups is 1. The topological polar surface area (TPSA) is 114 Å². The predicted molar refractivity (Wildman–Crippen MR) is 127 cm³/mol. The third-order valence-corrected chi connectivity index (χ3v) is 6.18. The number of aryl methyl sites for hydroxylation is 1. The highest BCUT2D eigenvalue weighted by Crippen LogP contribution is 2.37. The second-order valence-corrected chi connectivity index (χ2v) is 8.83. The van der Waals surface area contributed by atoms with E-state index in [2.05, 4.69) is 26.7 Å². The molecule has 0 aromatic carbocycles. The fourth-order valence-corrected chi connectivity index (χ4v) is 4.56. The number of nitrogens with zero attached hydrogens (tertiary/aromatic N) is 4. The number of ether oxygens (including phenoxy) is 1. The van der Waals surface area contributed by atoms with Crippen molar-refractivity contribution in [2.24, 2.45) is 0 Å². The molecule has 3 N–H and O–H groups in total. The normalized spacial score (nSPS) is 19.4. The highest BCUT2D eigenvalue weighted by molar-refractivity contribution is 5.94. The Kier molecular flexibility index (Phi) is 6.90. The molecule has 0 radical (unpaired) electrons. The van der Waals surface area contributed by atoms with E-state index in [4.69, 9.17) is 9.84 Å². The van der Waals surface area contributed by atoms with Crippen molar-refractivity contribution < 1.29 is 14.6 Å². The molecule has 0 unspecified atom stereocenters. The maximum absolute atomic E-state index is 12.3. The van der Waals surface area contributed by atoms with Crippen molar-refractivity contribution in [1.29, 1.82) is 0 Å². The van der Waals surface area contributed by atoms with Gasteiger partial charge in [-0.05, 0) is 63.3 Å². The van der Waals surface area contributed by atoms with Crippen molar-refractivity contribution in [2.75, 3.05) is 26.1 Å². The number of aliphatic hydroxyl groups excluding tert-OH is 1. The molecule has 1 atom stereocenters. The molecule has 0 saturated heterocycles. The van der Waals surface area contributed by atoms with Crippen molar-refractivity contribution in [1.82, 2.24) is 24.9 Å². The zero-order valence-electron chi connectivity index (χ0n) is 19.6. The van der Waals surface area contributed by atoms with Crippen LogP contribution in [0, 0.1) is 6.92 Å². The molecule has 1 amide bonds. The maximum atomic E-state index is 12.3. The van der Waals surface area contributed by atoms with Gasteiger partial charge in [0.15, 0.2) is 0 Å². The zero-order valence-corrected chi connectivity index (χ0v) is 19.6. The molecule has 3 aromatic heterocycles. The van der Waals surface area contributed by atoms with Crippen LogP contribution in [0.3, 0.4) is 0 Å². The van der Waals surface area contributed by atoms with Crippen LogP contribution in [0.15, 0.2) is 24.4 Å². The SMILES string of the molecule is CNC(=O)c1cc(-c2cc([C@H]3CC[C@H](O)CC3)n3nc(N[C@@H](C)COC)ncc23)cc(C)n1. The van der Waals surface area contributed by atoms with Crippen LogP contribution in [0.2, 0.25) is 0 Å². The summed E-state index contributed by atoms with van der Waals surface area (Å²) >= 11 is 0. The van der Waals surface area contributed by atoms with Crippen molar-refractivity contribution in [3.63, 3.8) is 0 Å². The number of nitrogens with one attached hydrogen (secondary N) is 2. The third-order valence-electron chi connectivity index (χ3n) is 6.18. The molecular formula is C24H32N6O3. The van der Waals surface area contributed by atoms with E-state index in [0.29, 0.717) is 18.2 Å². The minimum absolute atomic E-state index is 0.0636. The van der Waals surface area contributed by atoms with E-state index in [1.54, 1.807) is 14.2 Å². The first-order valence-electron chi connectivity index (χ1n) is 11.4. The lowest BCUT2D eigenvalue weighted by molar-refractivity contribution is 0.0958. The molecule has 1 aliphatic rings. The molecule has 1 aliphatic carbocycles. The second kappa shape index (κ2) is 9.84. The van der Waals surface area contributed by atoms with Gasteiger partial charge in [0, 0.05) is 43.1 Å². The summed E-state index contributed by atoms with van der Waals surface area (Å²) in [6.07, 6.45) is 4.96. The Morgan fingerprint density at radius 2 is 2.03 bits per heavy atom. The summed E-state index contributed by atoms with van der Waals surface area (Å²) < 4.78 is 7.18. The molecule has 3 aromatic rings. The molecule has 1 fully saturated rings. The summed E-state index contributed by atoms with van der Waals surface area (Å²) in [7, 11) is 3.27. The Balaban J connectivity index is 1.82. The number of amides is 1. The number of pyridine rings is 1. The summed E-state index contributed by atoms with van der Waals surface area (Å²) in [6.45, 7) is 4.44. The number of aliphatic hydroxyl groups is 1. The standard InChI is InChI=1S/C24H32N6O3/c1-14-9-17(10-20(27-14)23(32)25-3)19-11-21(16-5-7-18(31)8-6-16)30-22(19)12-26-24(29-30)28-15(2)13-33-4/h9-12,15-16,18,31H,5-8,13H2,1-4H3,(H,25,32)(H,28,29)/t15-,16-,18-/m0/s1. The monoisotopic (exact) mass is 452 g/mol. The maximum Gasteiger partial charge on any atom is 0.269 e. The van der Waals surface area contributed by atoms with Gasteiger partial charge in [-0.2, -0.15) is 0 Å². The van der Waals surface area contributed by atoms with Crippen LogP contribution in [0.5, 0.6) is 0 Å². The van der Waals surface area contributed by atoms with Gasteiger partial charge in [-0.25, -0.2) is 14.5 Å². The van der Waals surface area contributed by atoms with Crippen LogP contribution in [0.4, 0.5) is 5.95 Å². The predicted octanol–water partition coefficient (Wildman–Crippen LogP) is 2.92. The number of aromatic nitrogens is 4. The Bertz CT molecular complexity index is 1140. The lowest BCUT2D eigenvalue weighted by Gasteiger charge is -2.25. The van der Waals surface area contributed by atoms with Crippen LogP contribution in [-0.4, -0.2) is 63.5 Å². The van der Waals surface area contributed by atoms with Gasteiger partial charge in [0.05, 0.1) is 24.4 Å². The highest BCUT2D eigenvalue weighted by atomic mass is 16.5. The first-order valence-corrected chi connectivity index (χ1v) is 11.4. The Labute approximate surface area is 193 Å². The number of hydrogen-bond acceptors (Lipinski definition) is 7. The molecule has 3 heterocycles. The first kappa shape index (κ1) is 23.1. The van der Waals surface area contributed by atoms with Crippen molar-refractivity contribution in [3.05, 3.63) is 41.5 Å². The van der Waals surface area contributed by atoms with Crippen LogP contribution >= 0.6 is 0 Å². The largest absolute Gasteiger partial charge is 0.393 e. The number of methoxy groups -OCH3 is 1. The number of carbonyl (C=O) groups excluding carboxylic acids is 1. The fourth-order valence-electron chi connectivity index (χ4n) is 4.56. The summed E-state index contributed by atoms with van der Waals surface area (Å²) in [5.41, 5.74) is 4.96. The smallest absolute Gasteiger partial charge is 0.269 e. The van der Waals surface area contributed by atoms with Gasteiger partial charge in [-0.15, -0.1) is 5.10 Å². The summed E-state index contributed by atoms with van der Waals surface area (Å²) in [6, 6.07) is 6.00. The van der Waals surface area contributed by atoms with Crippen molar-refractivity contribution in [3.8, 4) is 11.1 Å². The highest BCUT2D eigenvalue weighted by Gasteiger charge is 2.26. The van der Waals surface area contributed by atoms with E-state index >= 15 is 0 Å². The summed E-state index contributed by atoms with van der Waals surface area (Å²) in [4.78, 5) is 21.2. The van der Waals surface area contributed by atoms with E-state index in [9.17, 15) is 9.90 Å². The van der Waals surface area contributed by atoms with Crippen molar-refractivity contribution in [2.45, 2.75) is 57.6 Å². The van der Waals surface area contributed by atoms with Crippen LogP contribution in [-0.2, 0) is 4.74 Å². The lowest BCUT2D eigenvalue weighted by Crippen LogP contribution is -2.23. The molecule has 0 spiro atoms. The number of hydrogen-bond donors (Lipinski definition) is 3. The molecule has 9 nitrogen and oxygen atoms in total. The van der Waals surface area contributed by atoms with Crippen LogP contribution < -0.4 is 10.6 Å². The van der Waals surface area contributed by atoms with E-state index in [-0.39, 0.29) is 24.0 Å². The average Bonchev–Trinajstić information content (AvgIpc) is 3.17. The zero-order chi connectivity index (χ0) is 23.5. The quantitative estimate of drug-likeness (QED) is 0.505. The van der Waals surface area contributed by atoms with Crippen molar-refractivity contribution >= 4 is 17.4 Å². The van der Waals surface area contributed by atoms with Gasteiger partial charge in [0.25, 0.3) is 5.91 Å². The van der Waals surface area contributed by atoms with Gasteiger partial charge in [0.2, 0.25) is 5.95 Å². The molecule has 0 bridgehead atoms. The van der Waals surface area contributed by atoms with E-state index < -0.39 is 0 Å². The molecule has 0 aliphatic heterocycles.